The molecule has 0 aliphatic carbocycles. The summed E-state index contributed by atoms with van der Waals surface area (Å²) in [6.07, 6.45) is 0.237. The summed E-state index contributed by atoms with van der Waals surface area (Å²) in [6, 6.07) is 0. The summed E-state index contributed by atoms with van der Waals surface area (Å²) in [5.41, 5.74) is 0. The largest absolute Gasteiger partial charge is 0.514 e. The number of ether oxygens (including phenoxy) is 6. The minimum Gasteiger partial charge on any atom is -0.430 e. The summed E-state index contributed by atoms with van der Waals surface area (Å²) in [5.74, 6) is 0.528. The van der Waals surface area contributed by atoms with Crippen molar-refractivity contribution in [1.82, 2.24) is 0 Å². The van der Waals surface area contributed by atoms with E-state index in [2.05, 4.69) is 28.4 Å². The van der Waals surface area contributed by atoms with Gasteiger partial charge in [0.15, 0.2) is 13.2 Å². The van der Waals surface area contributed by atoms with Gasteiger partial charge >= 0.3 is 18.5 Å². The molecule has 0 radical (unpaired) electrons. The molecule has 2 rings (SSSR count). The van der Waals surface area contributed by atoms with Gasteiger partial charge in [0, 0.05) is 0 Å². The highest BCUT2D eigenvalue weighted by atomic mass is 16.8. The van der Waals surface area contributed by atoms with E-state index in [1.165, 1.54) is 12.2 Å². The molecule has 2 aliphatic heterocycles. The average Bonchev–Trinajstić information content (AvgIpc) is 2.99. The Hall–Kier alpha value is -2.71. The van der Waals surface area contributed by atoms with Crippen molar-refractivity contribution in [3.63, 3.8) is 0 Å². The molecular formula is C11H10O9. The van der Waals surface area contributed by atoms with E-state index >= 15 is 0 Å². The number of cyclic esters (lactones) is 4. The van der Waals surface area contributed by atoms with Crippen LogP contribution in [0.2, 0.25) is 0 Å². The predicted molar refractivity (Wildman–Crippen MR) is 58.3 cm³/mol. The molecule has 0 unspecified atom stereocenters. The van der Waals surface area contributed by atoms with Gasteiger partial charge in [-0.05, 0) is 12.2 Å². The van der Waals surface area contributed by atoms with Gasteiger partial charge in [-0.1, -0.05) is 0 Å². The topological polar surface area (TPSA) is 107 Å². The molecule has 2 saturated heterocycles. The minimum absolute atomic E-state index is 0.00864. The van der Waals surface area contributed by atoms with E-state index in [-0.39, 0.29) is 37.9 Å². The third-order valence-corrected chi connectivity index (χ3v) is 2.12. The quantitative estimate of drug-likeness (QED) is 0.557. The van der Waals surface area contributed by atoms with Crippen LogP contribution >= 0.6 is 0 Å². The molecule has 0 bridgehead atoms. The second kappa shape index (κ2) is 6.45. The summed E-state index contributed by atoms with van der Waals surface area (Å²) in [7, 11) is 0. The lowest BCUT2D eigenvalue weighted by atomic mass is 10.5. The fourth-order valence-electron chi connectivity index (χ4n) is 1.24. The van der Waals surface area contributed by atoms with E-state index in [0.29, 0.717) is 0 Å². The molecule has 0 aromatic rings. The molecule has 9 nitrogen and oxygen atoms in total. The fraction of sp³-hybridized carbons (Fsp3) is 0.364. The highest BCUT2D eigenvalue weighted by Crippen LogP contribution is 2.10. The van der Waals surface area contributed by atoms with Crippen molar-refractivity contribution in [3.8, 4) is 0 Å². The number of carbonyl (C=O) groups excluding carboxylic acids is 3. The number of carbonyl (C=O) groups is 3. The van der Waals surface area contributed by atoms with Crippen LogP contribution in [0.25, 0.3) is 0 Å². The van der Waals surface area contributed by atoms with Crippen LogP contribution in [0, 0.1) is 0 Å². The maximum absolute atomic E-state index is 11.1. The Bertz CT molecular complexity index is 434. The van der Waals surface area contributed by atoms with Gasteiger partial charge in [-0.15, -0.1) is 0 Å². The van der Waals surface area contributed by atoms with E-state index in [0.717, 1.165) is 0 Å². The van der Waals surface area contributed by atoms with Gasteiger partial charge in [0.25, 0.3) is 0 Å². The normalized spacial score (nSPS) is 21.2. The van der Waals surface area contributed by atoms with E-state index < -0.39 is 18.5 Å². The van der Waals surface area contributed by atoms with Crippen LogP contribution < -0.4 is 0 Å². The third kappa shape index (κ3) is 4.19. The first-order chi connectivity index (χ1) is 9.63. The molecule has 0 aromatic heterocycles. The summed E-state index contributed by atoms with van der Waals surface area (Å²) >= 11 is 0. The lowest BCUT2D eigenvalue weighted by Crippen LogP contribution is -2.08. The lowest BCUT2D eigenvalue weighted by Gasteiger charge is -2.02. The van der Waals surface area contributed by atoms with Crippen LogP contribution in [0.15, 0.2) is 23.7 Å². The van der Waals surface area contributed by atoms with Crippen molar-refractivity contribution in [1.29, 1.82) is 0 Å². The van der Waals surface area contributed by atoms with Crippen LogP contribution in [0.4, 0.5) is 14.4 Å². The van der Waals surface area contributed by atoms with Crippen molar-refractivity contribution in [2.75, 3.05) is 26.4 Å². The van der Waals surface area contributed by atoms with Crippen molar-refractivity contribution < 1.29 is 42.8 Å². The zero-order valence-electron chi connectivity index (χ0n) is 10.2. The minimum atomic E-state index is -0.922. The van der Waals surface area contributed by atoms with E-state index in [1.54, 1.807) is 0 Å². The molecule has 0 spiro atoms. The second-order valence-electron chi connectivity index (χ2n) is 3.49. The van der Waals surface area contributed by atoms with Crippen LogP contribution in [0.3, 0.4) is 0 Å². The maximum Gasteiger partial charge on any atom is 0.514 e. The first kappa shape index (κ1) is 13.7. The molecule has 0 aromatic carbocycles. The van der Waals surface area contributed by atoms with E-state index in [4.69, 9.17) is 0 Å². The van der Waals surface area contributed by atoms with E-state index in [9.17, 15) is 14.4 Å². The van der Waals surface area contributed by atoms with Crippen molar-refractivity contribution >= 4 is 18.5 Å². The van der Waals surface area contributed by atoms with Gasteiger partial charge in [0.2, 0.25) is 0 Å². The highest BCUT2D eigenvalue weighted by Gasteiger charge is 2.19. The molecule has 0 N–H and O–H groups in total. The zero-order chi connectivity index (χ0) is 14.4. The average molecular weight is 286 g/mol. The SMILES string of the molecule is O=C(OC/C=C1/COC(=O)O1)OC/C=C1/COC(=O)O1. The van der Waals surface area contributed by atoms with Gasteiger partial charge in [-0.25, -0.2) is 14.4 Å². The van der Waals surface area contributed by atoms with E-state index in [1.807, 2.05) is 0 Å². The second-order valence-corrected chi connectivity index (χ2v) is 3.49. The van der Waals surface area contributed by atoms with Gasteiger partial charge in [0.1, 0.15) is 24.7 Å². The van der Waals surface area contributed by atoms with Crippen LogP contribution in [0.1, 0.15) is 0 Å². The lowest BCUT2D eigenvalue weighted by molar-refractivity contribution is 0.0708. The molecule has 9 heteroatoms. The molecule has 0 amide bonds. The smallest absolute Gasteiger partial charge is 0.430 e. The summed E-state index contributed by atoms with van der Waals surface area (Å²) in [5, 5.41) is 0. The maximum atomic E-state index is 11.1. The molecule has 0 atom stereocenters. The molecule has 2 fully saturated rings. The Balaban J connectivity index is 1.61. The molecule has 108 valence electrons. The summed E-state index contributed by atoms with van der Waals surface area (Å²) < 4.78 is 27.5. The summed E-state index contributed by atoms with van der Waals surface area (Å²) in [4.78, 5) is 32.3. The Morgan fingerprint density at radius 1 is 0.950 bits per heavy atom. The van der Waals surface area contributed by atoms with Crippen molar-refractivity contribution in [3.05, 3.63) is 23.7 Å². The van der Waals surface area contributed by atoms with Gasteiger partial charge in [-0.3, -0.25) is 0 Å². The van der Waals surface area contributed by atoms with Crippen molar-refractivity contribution in [2.24, 2.45) is 0 Å². The van der Waals surface area contributed by atoms with Gasteiger partial charge in [-0.2, -0.15) is 0 Å². The van der Waals surface area contributed by atoms with Gasteiger partial charge < -0.3 is 28.4 Å². The first-order valence-corrected chi connectivity index (χ1v) is 5.50. The predicted octanol–water partition coefficient (Wildman–Crippen LogP) is 1.24. The standard InChI is InChI=1S/C11H10O9/c12-9(15-3-1-7-5-17-10(13)19-7)16-4-2-8-6-18-11(14)20-8/h1-2H,3-6H2/b7-1-,8-2-. The fourth-order valence-corrected chi connectivity index (χ4v) is 1.24. The molecule has 2 aliphatic rings. The highest BCUT2D eigenvalue weighted by molar-refractivity contribution is 5.64. The third-order valence-electron chi connectivity index (χ3n) is 2.12. The van der Waals surface area contributed by atoms with Crippen LogP contribution in [0.5, 0.6) is 0 Å². The molecule has 2 heterocycles. The number of rotatable bonds is 4. The first-order valence-electron chi connectivity index (χ1n) is 5.50. The number of hydrogen-bond donors (Lipinski definition) is 0. The molecule has 0 saturated carbocycles. The molecule has 20 heavy (non-hydrogen) atoms. The Morgan fingerprint density at radius 3 is 1.75 bits per heavy atom. The Labute approximate surface area is 112 Å². The van der Waals surface area contributed by atoms with Crippen LogP contribution in [-0.4, -0.2) is 44.9 Å². The Morgan fingerprint density at radius 2 is 1.40 bits per heavy atom. The number of hydrogen-bond acceptors (Lipinski definition) is 9. The summed E-state index contributed by atoms with van der Waals surface area (Å²) in [6.45, 7) is -0.234. The molecular weight excluding hydrogens is 276 g/mol. The Kier molecular flexibility index (Phi) is 4.43. The van der Waals surface area contributed by atoms with Gasteiger partial charge in [0.05, 0.1) is 0 Å². The van der Waals surface area contributed by atoms with Crippen LogP contribution in [-0.2, 0) is 28.4 Å². The zero-order valence-corrected chi connectivity index (χ0v) is 10.2. The monoisotopic (exact) mass is 286 g/mol. The van der Waals surface area contributed by atoms with Crippen molar-refractivity contribution in [2.45, 2.75) is 0 Å².